The van der Waals surface area contributed by atoms with Gasteiger partial charge in [-0.05, 0) is 180 Å². The van der Waals surface area contributed by atoms with Crippen molar-refractivity contribution in [1.82, 2.24) is 29.9 Å². The van der Waals surface area contributed by atoms with Crippen LogP contribution in [0.3, 0.4) is 0 Å². The maximum atomic E-state index is 8.94. The van der Waals surface area contributed by atoms with Gasteiger partial charge in [-0.1, -0.05) is 582 Å². The van der Waals surface area contributed by atoms with Gasteiger partial charge >= 0.3 is 7.12 Å². The van der Waals surface area contributed by atoms with E-state index in [1.165, 1.54) is 74.8 Å². The molecule has 0 aliphatic carbocycles. The number of benzene rings is 20. The molecule has 17 heteroatoms. The Morgan fingerprint density at radius 3 is 0.413 bits per heavy atom. The Balaban J connectivity index is 0.000000127. The van der Waals surface area contributed by atoms with Crippen molar-refractivity contribution < 1.29 is 30.5 Å². The van der Waals surface area contributed by atoms with Crippen LogP contribution in [0, 0.1) is 0 Å². The Morgan fingerprint density at radius 1 is 0.140 bits per heavy atom. The third kappa shape index (κ3) is 30.4. The summed E-state index contributed by atoms with van der Waals surface area (Å²) in [6.45, 7) is 0. The van der Waals surface area contributed by atoms with Gasteiger partial charge in [-0.3, -0.25) is 0 Å². The molecule has 2 aromatic heterocycles. The van der Waals surface area contributed by atoms with E-state index in [9.17, 15) is 0 Å². The minimum Gasteiger partial charge on any atom is -0.423 e. The molecule has 0 saturated heterocycles. The predicted octanol–water partition coefficient (Wildman–Crippen LogP) is 26.5. The molecule has 20 aromatic carbocycles. The van der Waals surface area contributed by atoms with Gasteiger partial charge in [0, 0.05) is 37.1 Å². The standard InChI is InChI=1S/C27H18ClN3.4C18H15P.C15H9Cl2N3.C12H11BO2.Pd/c28-27-30-25(23-15-11-21(12-16-23)19-7-3-1-4-8-19)29-26(31-27)24-17-13-22(14-18-24)20-9-5-2-6-10-20;4*1-4-10-16(11-5-1)19(17-12-6-2-7-13-17)18-14-8-3-9-15-18;16-14-18-13(19-15(17)20-14)12-8-6-11(7-9-12)10-4-2-1-3-5-10;14-13(15)12-8-6-11(7-9-12)10-4-2-1-3-5-10;/h1-18H;4*1-15H;1-9H;1-9,14-15H;. The molecule has 0 aliphatic rings. The van der Waals surface area contributed by atoms with Crippen molar-refractivity contribution in [3.8, 4) is 78.7 Å². The maximum Gasteiger partial charge on any atom is 0.488 e. The quantitative estimate of drug-likeness (QED) is 0.0572. The van der Waals surface area contributed by atoms with E-state index in [4.69, 9.17) is 44.9 Å². The van der Waals surface area contributed by atoms with Crippen LogP contribution >= 0.6 is 66.5 Å². The summed E-state index contributed by atoms with van der Waals surface area (Å²) in [5.41, 5.74) is 12.2. The van der Waals surface area contributed by atoms with E-state index in [0.717, 1.165) is 50.1 Å². The first-order valence-electron chi connectivity index (χ1n) is 46.3. The molecule has 8 nitrogen and oxygen atoms in total. The van der Waals surface area contributed by atoms with Crippen LogP contribution in [0.25, 0.3) is 78.7 Å². The molecule has 0 unspecified atom stereocenters. The van der Waals surface area contributed by atoms with Crippen molar-refractivity contribution in [2.45, 2.75) is 0 Å². The summed E-state index contributed by atoms with van der Waals surface area (Å²) < 4.78 is 0. The zero-order chi connectivity index (χ0) is 97.3. The van der Waals surface area contributed by atoms with Crippen LogP contribution in [0.4, 0.5) is 0 Å². The molecular weight excluding hydrogens is 1980 g/mol. The monoisotopic (exact) mass is 2070 g/mol. The Hall–Kier alpha value is -14.3. The Morgan fingerprint density at radius 2 is 0.259 bits per heavy atom. The normalized spacial score (nSPS) is 10.5. The number of rotatable bonds is 20. The van der Waals surface area contributed by atoms with Crippen LogP contribution in [0.5, 0.6) is 0 Å². The minimum atomic E-state index is -1.39. The second-order valence-corrected chi connectivity index (χ2v) is 41.9. The first-order valence-corrected chi connectivity index (χ1v) is 52.8. The fraction of sp³-hybridized carbons (Fsp3) is 0. The summed E-state index contributed by atoms with van der Waals surface area (Å²) in [7, 11) is -3.18. The topological polar surface area (TPSA) is 118 Å². The van der Waals surface area contributed by atoms with Gasteiger partial charge in [0.2, 0.25) is 15.9 Å². The molecule has 0 radical (unpaired) electrons. The summed E-state index contributed by atoms with van der Waals surface area (Å²) in [6, 6.07) is 201. The minimum absolute atomic E-state index is 0. The van der Waals surface area contributed by atoms with E-state index in [1.807, 2.05) is 146 Å². The molecule has 2 N–H and O–H groups in total. The van der Waals surface area contributed by atoms with Gasteiger partial charge in [0.15, 0.2) is 17.5 Å². The first kappa shape index (κ1) is 103. The third-order valence-electron chi connectivity index (χ3n) is 22.4. The second kappa shape index (κ2) is 55.2. The zero-order valence-electron chi connectivity index (χ0n) is 77.8. The average Bonchev–Trinajstić information content (AvgIpc) is 0.830. The van der Waals surface area contributed by atoms with Gasteiger partial charge in [0.25, 0.3) is 0 Å². The fourth-order valence-electron chi connectivity index (χ4n) is 15.6. The van der Waals surface area contributed by atoms with Crippen molar-refractivity contribution in [1.29, 1.82) is 0 Å². The summed E-state index contributed by atoms with van der Waals surface area (Å²) in [5, 5.41) is 35.0. The van der Waals surface area contributed by atoms with Crippen LogP contribution in [-0.2, 0) is 20.4 Å². The van der Waals surface area contributed by atoms with Crippen molar-refractivity contribution in [3.63, 3.8) is 0 Å². The zero-order valence-corrected chi connectivity index (χ0v) is 85.2. The molecule has 0 atom stereocenters. The van der Waals surface area contributed by atoms with Crippen LogP contribution in [0.1, 0.15) is 0 Å². The van der Waals surface area contributed by atoms with E-state index < -0.39 is 38.8 Å². The molecule has 0 aliphatic heterocycles. The summed E-state index contributed by atoms with van der Waals surface area (Å²) in [4.78, 5) is 25.2. The van der Waals surface area contributed by atoms with E-state index in [0.29, 0.717) is 22.9 Å². The molecular formula is C126H98BCl3N6O2P4Pd. The van der Waals surface area contributed by atoms with E-state index >= 15 is 0 Å². The number of aromatic nitrogens is 6. The smallest absolute Gasteiger partial charge is 0.423 e. The van der Waals surface area contributed by atoms with E-state index in [-0.39, 0.29) is 36.3 Å². The molecule has 0 bridgehead atoms. The fourth-order valence-corrected chi connectivity index (χ4v) is 25.3. The summed E-state index contributed by atoms with van der Waals surface area (Å²) in [6.07, 6.45) is 0. The van der Waals surface area contributed by atoms with Crippen LogP contribution in [0.2, 0.25) is 15.9 Å². The molecule has 0 saturated carbocycles. The van der Waals surface area contributed by atoms with E-state index in [2.05, 4.69) is 455 Å². The van der Waals surface area contributed by atoms with Crippen molar-refractivity contribution in [2.24, 2.45) is 0 Å². The summed E-state index contributed by atoms with van der Waals surface area (Å²) in [5.74, 6) is 1.58. The van der Waals surface area contributed by atoms with Gasteiger partial charge < -0.3 is 10.0 Å². The molecule has 0 spiro atoms. The van der Waals surface area contributed by atoms with Gasteiger partial charge in [-0.15, -0.1) is 0 Å². The van der Waals surface area contributed by atoms with E-state index in [1.54, 1.807) is 12.1 Å². The number of halogens is 3. The maximum absolute atomic E-state index is 8.94. The molecule has 143 heavy (non-hydrogen) atoms. The van der Waals surface area contributed by atoms with Crippen LogP contribution in [-0.4, -0.2) is 47.1 Å². The molecule has 698 valence electrons. The van der Waals surface area contributed by atoms with Crippen molar-refractivity contribution in [2.75, 3.05) is 0 Å². The second-order valence-electron chi connectivity index (χ2n) is 32.0. The average molecular weight is 2080 g/mol. The van der Waals surface area contributed by atoms with Crippen molar-refractivity contribution in [3.05, 3.63) is 598 Å². The van der Waals surface area contributed by atoms with Crippen LogP contribution < -0.4 is 69.1 Å². The molecule has 22 rings (SSSR count). The largest absolute Gasteiger partial charge is 0.488 e. The number of hydrogen-bond donors (Lipinski definition) is 2. The molecule has 0 amide bonds. The van der Waals surface area contributed by atoms with Gasteiger partial charge in [-0.25, -0.2) is 4.98 Å². The molecule has 2 heterocycles. The molecule has 22 aromatic rings. The van der Waals surface area contributed by atoms with Crippen LogP contribution in [0.15, 0.2) is 582 Å². The number of hydrogen-bond acceptors (Lipinski definition) is 8. The third-order valence-corrected chi connectivity index (χ3v) is 32.7. The van der Waals surface area contributed by atoms with Gasteiger partial charge in [0.1, 0.15) is 0 Å². The van der Waals surface area contributed by atoms with Gasteiger partial charge in [0.05, 0.1) is 0 Å². The summed E-state index contributed by atoms with van der Waals surface area (Å²) >= 11 is 17.8. The predicted molar refractivity (Wildman–Crippen MR) is 610 cm³/mol. The number of nitrogens with zero attached hydrogens (tertiary/aromatic N) is 6. The Labute approximate surface area is 872 Å². The molecule has 0 fully saturated rings. The first-order chi connectivity index (χ1) is 70.0. The SMILES string of the molecule is Clc1nc(-c2ccc(-c3ccccc3)cc2)nc(-c2ccc(-c3ccccc3)cc2)n1.Clc1nc(Cl)nc(-c2ccc(-c3ccccc3)cc2)n1.OB(O)c1ccc(-c2ccccc2)cc1.[Pd].c1ccc(P(c2ccccc2)c2ccccc2)cc1.c1ccc(P(c2ccccc2)c2ccccc2)cc1.c1ccc(P(c2ccccc2)c2ccccc2)cc1.c1ccc(P(c2ccccc2)c2ccccc2)cc1. The Bertz CT molecular complexity index is 6480. The van der Waals surface area contributed by atoms with Crippen molar-refractivity contribution >= 4 is 143 Å². The Kier molecular flexibility index (Phi) is 39.7. The van der Waals surface area contributed by atoms with Gasteiger partial charge in [-0.2, -0.15) is 24.9 Å².